The summed E-state index contributed by atoms with van der Waals surface area (Å²) in [5.74, 6) is 0. The number of piperidine rings is 1. The smallest absolute Gasteiger partial charge is 0.266 e. The minimum atomic E-state index is -3.57. The van der Waals surface area contributed by atoms with E-state index in [0.29, 0.717) is 12.8 Å². The summed E-state index contributed by atoms with van der Waals surface area (Å²) in [5, 5.41) is 14.2. The minimum absolute atomic E-state index is 0.0794. The van der Waals surface area contributed by atoms with Gasteiger partial charge in [-0.15, -0.1) is 0 Å². The van der Waals surface area contributed by atoms with Gasteiger partial charge in [0.15, 0.2) is 0 Å². The van der Waals surface area contributed by atoms with E-state index in [-0.39, 0.29) is 12.5 Å². The first-order valence-corrected chi connectivity index (χ1v) is 8.58. The fourth-order valence-electron chi connectivity index (χ4n) is 3.52. The van der Waals surface area contributed by atoms with E-state index >= 15 is 0 Å². The van der Waals surface area contributed by atoms with Gasteiger partial charge in [-0.25, -0.2) is 4.18 Å². The maximum atomic E-state index is 11.5. The number of aliphatic hydroxyl groups is 1. The molecule has 0 aromatic heterocycles. The van der Waals surface area contributed by atoms with E-state index in [1.54, 1.807) is 0 Å². The zero-order chi connectivity index (χ0) is 14.4. The van der Waals surface area contributed by atoms with Crippen molar-refractivity contribution in [2.75, 3.05) is 6.26 Å². The largest absolute Gasteiger partial charge is 0.385 e. The molecule has 2 aliphatic heterocycles. The number of hydrogen-bond donors (Lipinski definition) is 2. The van der Waals surface area contributed by atoms with E-state index in [2.05, 4.69) is 5.32 Å². The quantitative estimate of drug-likeness (QED) is 0.817. The first-order valence-electron chi connectivity index (χ1n) is 6.77. The van der Waals surface area contributed by atoms with Gasteiger partial charge in [0.2, 0.25) is 0 Å². The van der Waals surface area contributed by atoms with Crippen molar-refractivity contribution in [3.8, 4) is 0 Å². The lowest BCUT2D eigenvalue weighted by Gasteiger charge is -2.43. The summed E-state index contributed by atoms with van der Waals surface area (Å²) in [6, 6.07) is 9.47. The SMILES string of the molecule is CS(=O)(=O)OC12CCC(CC(O)(c3ccccc3)C1)N2. The van der Waals surface area contributed by atoms with Crippen molar-refractivity contribution in [1.29, 1.82) is 0 Å². The van der Waals surface area contributed by atoms with E-state index in [1.165, 1.54) is 0 Å². The molecule has 0 saturated carbocycles. The molecule has 1 aromatic carbocycles. The molecule has 110 valence electrons. The van der Waals surface area contributed by atoms with Gasteiger partial charge in [0, 0.05) is 12.5 Å². The van der Waals surface area contributed by atoms with Crippen LogP contribution in [0.5, 0.6) is 0 Å². The van der Waals surface area contributed by atoms with Gasteiger partial charge >= 0.3 is 0 Å². The Kier molecular flexibility index (Phi) is 3.17. The number of hydrogen-bond acceptors (Lipinski definition) is 5. The zero-order valence-corrected chi connectivity index (χ0v) is 12.2. The lowest BCUT2D eigenvalue weighted by molar-refractivity contribution is -0.0915. The van der Waals surface area contributed by atoms with Crippen LogP contribution in [-0.4, -0.2) is 31.5 Å². The highest BCUT2D eigenvalue weighted by Crippen LogP contribution is 2.46. The van der Waals surface area contributed by atoms with E-state index in [0.717, 1.165) is 18.2 Å². The van der Waals surface area contributed by atoms with Crippen LogP contribution in [0.25, 0.3) is 0 Å². The average Bonchev–Trinajstić information content (AvgIpc) is 2.64. The molecule has 0 amide bonds. The highest BCUT2D eigenvalue weighted by Gasteiger charge is 2.54. The lowest BCUT2D eigenvalue weighted by Crippen LogP contribution is -2.57. The maximum absolute atomic E-state index is 11.5. The maximum Gasteiger partial charge on any atom is 0.266 e. The summed E-state index contributed by atoms with van der Waals surface area (Å²) in [6.07, 6.45) is 3.27. The van der Waals surface area contributed by atoms with Gasteiger partial charge in [0.25, 0.3) is 10.1 Å². The van der Waals surface area contributed by atoms with Crippen LogP contribution in [0.3, 0.4) is 0 Å². The van der Waals surface area contributed by atoms with E-state index < -0.39 is 21.4 Å². The molecule has 2 bridgehead atoms. The summed E-state index contributed by atoms with van der Waals surface area (Å²) < 4.78 is 28.2. The molecule has 3 rings (SSSR count). The Morgan fingerprint density at radius 3 is 2.70 bits per heavy atom. The second kappa shape index (κ2) is 4.53. The predicted octanol–water partition coefficient (Wildman–Crippen LogP) is 1.09. The molecule has 5 nitrogen and oxygen atoms in total. The monoisotopic (exact) mass is 297 g/mol. The Balaban J connectivity index is 1.93. The number of nitrogens with one attached hydrogen (secondary N) is 1. The summed E-state index contributed by atoms with van der Waals surface area (Å²) in [4.78, 5) is 0. The Hall–Kier alpha value is -0.950. The Morgan fingerprint density at radius 2 is 2.05 bits per heavy atom. The standard InChI is InChI=1S/C14H19NO4S/c1-20(17,18)19-14-8-7-12(15-14)9-13(16,10-14)11-5-3-2-4-6-11/h2-6,12,15-16H,7-10H2,1H3. The fourth-order valence-corrected chi connectivity index (χ4v) is 4.29. The second-order valence-electron chi connectivity index (χ2n) is 5.94. The molecule has 0 aliphatic carbocycles. The van der Waals surface area contributed by atoms with Gasteiger partial charge in [-0.05, 0) is 24.8 Å². The molecule has 2 aliphatic rings. The van der Waals surface area contributed by atoms with Gasteiger partial charge in [-0.2, -0.15) is 8.42 Å². The molecule has 2 N–H and O–H groups in total. The van der Waals surface area contributed by atoms with E-state index in [4.69, 9.17) is 4.18 Å². The normalized spacial score (nSPS) is 37.0. The van der Waals surface area contributed by atoms with Crippen molar-refractivity contribution in [3.63, 3.8) is 0 Å². The Bertz CT molecular complexity index is 603. The molecule has 2 saturated heterocycles. The Labute approximate surface area is 119 Å². The first kappa shape index (κ1) is 14.0. The average molecular weight is 297 g/mol. The van der Waals surface area contributed by atoms with Gasteiger partial charge in [0.05, 0.1) is 11.9 Å². The first-order chi connectivity index (χ1) is 9.30. The van der Waals surface area contributed by atoms with Crippen LogP contribution in [-0.2, 0) is 19.9 Å². The minimum Gasteiger partial charge on any atom is -0.385 e. The van der Waals surface area contributed by atoms with Crippen LogP contribution < -0.4 is 5.32 Å². The molecule has 3 atom stereocenters. The predicted molar refractivity (Wildman–Crippen MR) is 74.4 cm³/mol. The third-order valence-corrected chi connectivity index (χ3v) is 4.77. The molecule has 0 radical (unpaired) electrons. The van der Waals surface area contributed by atoms with Crippen LogP contribution in [0, 0.1) is 0 Å². The van der Waals surface area contributed by atoms with Gasteiger partial charge in [-0.1, -0.05) is 30.3 Å². The van der Waals surface area contributed by atoms with E-state index in [9.17, 15) is 13.5 Å². The third-order valence-electron chi connectivity index (χ3n) is 4.15. The molecule has 2 fully saturated rings. The molecule has 2 heterocycles. The number of fused-ring (bicyclic) bond motifs is 2. The highest BCUT2D eigenvalue weighted by molar-refractivity contribution is 7.86. The molecule has 3 unspecified atom stereocenters. The van der Waals surface area contributed by atoms with Crippen molar-refractivity contribution >= 4 is 10.1 Å². The highest BCUT2D eigenvalue weighted by atomic mass is 32.2. The molecule has 1 aromatic rings. The van der Waals surface area contributed by atoms with Crippen molar-refractivity contribution in [1.82, 2.24) is 5.32 Å². The van der Waals surface area contributed by atoms with Crippen LogP contribution in [0.4, 0.5) is 0 Å². The Morgan fingerprint density at radius 1 is 1.35 bits per heavy atom. The van der Waals surface area contributed by atoms with Crippen molar-refractivity contribution < 1.29 is 17.7 Å². The van der Waals surface area contributed by atoms with Crippen LogP contribution in [0.2, 0.25) is 0 Å². The van der Waals surface area contributed by atoms with Gasteiger partial charge in [0.1, 0.15) is 5.72 Å². The fraction of sp³-hybridized carbons (Fsp3) is 0.571. The number of rotatable bonds is 3. The summed E-state index contributed by atoms with van der Waals surface area (Å²) in [5.41, 5.74) is -1.20. The molecule has 6 heteroatoms. The third kappa shape index (κ3) is 2.61. The van der Waals surface area contributed by atoms with Crippen molar-refractivity contribution in [2.45, 2.75) is 43.1 Å². The van der Waals surface area contributed by atoms with E-state index in [1.807, 2.05) is 30.3 Å². The second-order valence-corrected chi connectivity index (χ2v) is 7.52. The van der Waals surface area contributed by atoms with Crippen molar-refractivity contribution in [2.24, 2.45) is 0 Å². The molecule has 0 spiro atoms. The van der Waals surface area contributed by atoms with Gasteiger partial charge < -0.3 is 5.11 Å². The van der Waals surface area contributed by atoms with Crippen LogP contribution in [0.15, 0.2) is 30.3 Å². The summed E-state index contributed by atoms with van der Waals surface area (Å²) >= 11 is 0. The lowest BCUT2D eigenvalue weighted by atomic mass is 9.80. The zero-order valence-electron chi connectivity index (χ0n) is 11.4. The van der Waals surface area contributed by atoms with Crippen LogP contribution >= 0.6 is 0 Å². The molecular formula is C14H19NO4S. The topological polar surface area (TPSA) is 75.6 Å². The summed E-state index contributed by atoms with van der Waals surface area (Å²) in [7, 11) is -3.57. The van der Waals surface area contributed by atoms with Crippen LogP contribution in [0.1, 0.15) is 31.2 Å². The number of benzene rings is 1. The molecule has 20 heavy (non-hydrogen) atoms. The molecular weight excluding hydrogens is 278 g/mol. The van der Waals surface area contributed by atoms with Crippen molar-refractivity contribution in [3.05, 3.63) is 35.9 Å². The van der Waals surface area contributed by atoms with Gasteiger partial charge in [-0.3, -0.25) is 5.32 Å². The summed E-state index contributed by atoms with van der Waals surface area (Å²) in [6.45, 7) is 0.